The second-order valence-electron chi connectivity index (χ2n) is 5.08. The minimum absolute atomic E-state index is 0.543. The predicted molar refractivity (Wildman–Crippen MR) is 77.8 cm³/mol. The summed E-state index contributed by atoms with van der Waals surface area (Å²) in [5.41, 5.74) is 2.13. The van der Waals surface area contributed by atoms with Crippen molar-refractivity contribution in [1.82, 2.24) is 15.5 Å². The molecule has 0 atom stereocenters. The SMILES string of the molecule is CCc1ccccc1Oc1ccc(CNC2CC2)nn1. The van der Waals surface area contributed by atoms with Crippen molar-refractivity contribution in [3.63, 3.8) is 0 Å². The highest BCUT2D eigenvalue weighted by atomic mass is 16.5. The van der Waals surface area contributed by atoms with E-state index in [9.17, 15) is 0 Å². The normalized spacial score (nSPS) is 14.2. The summed E-state index contributed by atoms with van der Waals surface area (Å²) in [7, 11) is 0. The molecule has 3 rings (SSSR count). The molecule has 20 heavy (non-hydrogen) atoms. The van der Waals surface area contributed by atoms with E-state index < -0.39 is 0 Å². The van der Waals surface area contributed by atoms with Crippen LogP contribution < -0.4 is 10.1 Å². The Balaban J connectivity index is 1.64. The molecule has 4 nitrogen and oxygen atoms in total. The monoisotopic (exact) mass is 269 g/mol. The van der Waals surface area contributed by atoms with E-state index in [1.54, 1.807) is 0 Å². The lowest BCUT2D eigenvalue weighted by Gasteiger charge is -2.08. The van der Waals surface area contributed by atoms with Crippen LogP contribution >= 0.6 is 0 Å². The van der Waals surface area contributed by atoms with Gasteiger partial charge in [-0.3, -0.25) is 0 Å². The van der Waals surface area contributed by atoms with E-state index in [2.05, 4.69) is 28.5 Å². The summed E-state index contributed by atoms with van der Waals surface area (Å²) in [6, 6.07) is 12.5. The topological polar surface area (TPSA) is 47.0 Å². The number of aromatic nitrogens is 2. The van der Waals surface area contributed by atoms with Crippen LogP contribution in [0.3, 0.4) is 0 Å². The van der Waals surface area contributed by atoms with Crippen molar-refractivity contribution in [3.05, 3.63) is 47.7 Å². The molecular formula is C16H19N3O. The van der Waals surface area contributed by atoms with Crippen LogP contribution in [0.1, 0.15) is 31.0 Å². The molecule has 0 spiro atoms. The molecule has 104 valence electrons. The average molecular weight is 269 g/mol. The van der Waals surface area contributed by atoms with E-state index in [-0.39, 0.29) is 0 Å². The third-order valence-corrected chi connectivity index (χ3v) is 3.41. The zero-order valence-corrected chi connectivity index (χ0v) is 11.7. The number of rotatable bonds is 6. The molecule has 0 unspecified atom stereocenters. The molecular weight excluding hydrogens is 250 g/mol. The Morgan fingerprint density at radius 2 is 2.00 bits per heavy atom. The molecule has 1 aromatic carbocycles. The summed E-state index contributed by atoms with van der Waals surface area (Å²) >= 11 is 0. The highest BCUT2D eigenvalue weighted by molar-refractivity contribution is 5.35. The van der Waals surface area contributed by atoms with Gasteiger partial charge in [-0.05, 0) is 37.0 Å². The quantitative estimate of drug-likeness (QED) is 0.875. The molecule has 0 amide bonds. The molecule has 0 bridgehead atoms. The fourth-order valence-electron chi connectivity index (χ4n) is 2.04. The largest absolute Gasteiger partial charge is 0.437 e. The first kappa shape index (κ1) is 13.1. The lowest BCUT2D eigenvalue weighted by molar-refractivity contribution is 0.448. The Morgan fingerprint density at radius 1 is 1.15 bits per heavy atom. The Morgan fingerprint density at radius 3 is 2.70 bits per heavy atom. The van der Waals surface area contributed by atoms with Crippen LogP contribution in [-0.2, 0) is 13.0 Å². The molecule has 1 N–H and O–H groups in total. The number of hydrogen-bond donors (Lipinski definition) is 1. The molecule has 1 saturated carbocycles. The minimum atomic E-state index is 0.543. The summed E-state index contributed by atoms with van der Waals surface area (Å²) in [5, 5.41) is 11.7. The van der Waals surface area contributed by atoms with Crippen LogP contribution in [0.5, 0.6) is 11.6 Å². The zero-order valence-electron chi connectivity index (χ0n) is 11.7. The van der Waals surface area contributed by atoms with Gasteiger partial charge in [0.15, 0.2) is 0 Å². The first-order chi connectivity index (χ1) is 9.85. The molecule has 1 aromatic heterocycles. The summed E-state index contributed by atoms with van der Waals surface area (Å²) < 4.78 is 5.80. The zero-order chi connectivity index (χ0) is 13.8. The Bertz CT molecular complexity index is 564. The van der Waals surface area contributed by atoms with Crippen LogP contribution in [0.2, 0.25) is 0 Å². The van der Waals surface area contributed by atoms with Gasteiger partial charge in [0.05, 0.1) is 5.69 Å². The van der Waals surface area contributed by atoms with E-state index in [0.717, 1.165) is 24.4 Å². The summed E-state index contributed by atoms with van der Waals surface area (Å²) in [4.78, 5) is 0. The van der Waals surface area contributed by atoms with E-state index in [1.165, 1.54) is 18.4 Å². The fraction of sp³-hybridized carbons (Fsp3) is 0.375. The van der Waals surface area contributed by atoms with E-state index in [0.29, 0.717) is 11.9 Å². The van der Waals surface area contributed by atoms with Gasteiger partial charge in [0, 0.05) is 18.7 Å². The van der Waals surface area contributed by atoms with Gasteiger partial charge < -0.3 is 10.1 Å². The number of ether oxygens (including phenoxy) is 1. The first-order valence-electron chi connectivity index (χ1n) is 7.17. The number of hydrogen-bond acceptors (Lipinski definition) is 4. The lowest BCUT2D eigenvalue weighted by atomic mass is 10.1. The van der Waals surface area contributed by atoms with Crippen molar-refractivity contribution in [2.45, 2.75) is 38.8 Å². The van der Waals surface area contributed by atoms with Gasteiger partial charge >= 0.3 is 0 Å². The van der Waals surface area contributed by atoms with Crippen molar-refractivity contribution in [2.75, 3.05) is 0 Å². The van der Waals surface area contributed by atoms with E-state index in [4.69, 9.17) is 4.74 Å². The Hall–Kier alpha value is -1.94. The second-order valence-corrected chi connectivity index (χ2v) is 5.08. The summed E-state index contributed by atoms with van der Waals surface area (Å²) in [6.45, 7) is 2.89. The first-order valence-corrected chi connectivity index (χ1v) is 7.17. The maximum Gasteiger partial charge on any atom is 0.238 e. The van der Waals surface area contributed by atoms with Crippen LogP contribution in [0.4, 0.5) is 0 Å². The van der Waals surface area contributed by atoms with Gasteiger partial charge in [0.2, 0.25) is 5.88 Å². The molecule has 0 aliphatic heterocycles. The molecule has 4 heteroatoms. The van der Waals surface area contributed by atoms with Gasteiger partial charge in [-0.1, -0.05) is 25.1 Å². The maximum absolute atomic E-state index is 5.80. The van der Waals surface area contributed by atoms with Crippen LogP contribution in [0, 0.1) is 0 Å². The third kappa shape index (κ3) is 3.33. The Kier molecular flexibility index (Phi) is 3.92. The van der Waals surface area contributed by atoms with Gasteiger partial charge in [0.1, 0.15) is 5.75 Å². The lowest BCUT2D eigenvalue weighted by Crippen LogP contribution is -2.16. The van der Waals surface area contributed by atoms with E-state index >= 15 is 0 Å². The maximum atomic E-state index is 5.80. The highest BCUT2D eigenvalue weighted by Gasteiger charge is 2.20. The average Bonchev–Trinajstić information content (AvgIpc) is 3.31. The van der Waals surface area contributed by atoms with Crippen molar-refractivity contribution in [3.8, 4) is 11.6 Å². The van der Waals surface area contributed by atoms with Gasteiger partial charge in [-0.15, -0.1) is 5.10 Å². The van der Waals surface area contributed by atoms with Crippen molar-refractivity contribution < 1.29 is 4.74 Å². The molecule has 1 heterocycles. The molecule has 1 aliphatic carbocycles. The fourth-order valence-corrected chi connectivity index (χ4v) is 2.04. The molecule has 0 saturated heterocycles. The third-order valence-electron chi connectivity index (χ3n) is 3.41. The summed E-state index contributed by atoms with van der Waals surface area (Å²) in [6.07, 6.45) is 3.50. The van der Waals surface area contributed by atoms with Gasteiger partial charge in [-0.2, -0.15) is 5.10 Å². The van der Waals surface area contributed by atoms with Crippen molar-refractivity contribution >= 4 is 0 Å². The standard InChI is InChI=1S/C16H19N3O/c1-2-12-5-3-4-6-15(12)20-16-10-9-14(18-19-16)11-17-13-7-8-13/h3-6,9-10,13,17H,2,7-8,11H2,1H3. The van der Waals surface area contributed by atoms with Gasteiger partial charge in [0.25, 0.3) is 0 Å². The second kappa shape index (κ2) is 6.01. The number of para-hydroxylation sites is 1. The number of nitrogens with one attached hydrogen (secondary N) is 1. The van der Waals surface area contributed by atoms with Crippen molar-refractivity contribution in [1.29, 1.82) is 0 Å². The molecule has 0 radical (unpaired) electrons. The molecule has 2 aromatic rings. The highest BCUT2D eigenvalue weighted by Crippen LogP contribution is 2.24. The number of aryl methyl sites for hydroxylation is 1. The minimum Gasteiger partial charge on any atom is -0.437 e. The smallest absolute Gasteiger partial charge is 0.238 e. The van der Waals surface area contributed by atoms with Crippen LogP contribution in [0.15, 0.2) is 36.4 Å². The predicted octanol–water partition coefficient (Wildman–Crippen LogP) is 3.08. The molecule has 1 fully saturated rings. The van der Waals surface area contributed by atoms with E-state index in [1.807, 2.05) is 30.3 Å². The number of nitrogens with zero attached hydrogens (tertiary/aromatic N) is 2. The van der Waals surface area contributed by atoms with Crippen LogP contribution in [-0.4, -0.2) is 16.2 Å². The van der Waals surface area contributed by atoms with Gasteiger partial charge in [-0.25, -0.2) is 0 Å². The molecule has 1 aliphatic rings. The Labute approximate surface area is 119 Å². The van der Waals surface area contributed by atoms with Crippen LogP contribution in [0.25, 0.3) is 0 Å². The number of benzene rings is 1. The van der Waals surface area contributed by atoms with Crippen molar-refractivity contribution in [2.24, 2.45) is 0 Å². The summed E-state index contributed by atoms with van der Waals surface area (Å²) in [5.74, 6) is 1.40.